The second kappa shape index (κ2) is 5.77. The van der Waals surface area contributed by atoms with Gasteiger partial charge in [-0.15, -0.1) is 0 Å². The number of nitrogens with two attached hydrogens (primary N) is 1. The fourth-order valence-corrected chi connectivity index (χ4v) is 1.64. The second-order valence-corrected chi connectivity index (χ2v) is 3.02. The van der Waals surface area contributed by atoms with E-state index >= 15 is 0 Å². The zero-order valence-corrected chi connectivity index (χ0v) is 10.9. The summed E-state index contributed by atoms with van der Waals surface area (Å²) in [5.41, 5.74) is 9.56. The van der Waals surface area contributed by atoms with Crippen LogP contribution < -0.4 is 5.73 Å². The molecule has 0 saturated heterocycles. The van der Waals surface area contributed by atoms with Gasteiger partial charge in [-0.3, -0.25) is 0 Å². The summed E-state index contributed by atoms with van der Waals surface area (Å²) in [6, 6.07) is 6.20. The maximum Gasteiger partial charge on any atom is 0.0323 e. The van der Waals surface area contributed by atoms with Gasteiger partial charge in [0.2, 0.25) is 0 Å². The predicted molar refractivity (Wildman–Crippen MR) is 53.6 cm³/mol. The summed E-state index contributed by atoms with van der Waals surface area (Å²) < 4.78 is 0. The van der Waals surface area contributed by atoms with Crippen LogP contribution in [0.2, 0.25) is 0 Å². The van der Waals surface area contributed by atoms with Crippen molar-refractivity contribution >= 4 is 5.69 Å². The first-order valence-corrected chi connectivity index (χ1v) is 4.06. The maximum absolute atomic E-state index is 5.82. The number of rotatable bonds is 0. The maximum atomic E-state index is 5.82. The molecule has 2 rings (SSSR count). The van der Waals surface area contributed by atoms with Crippen LogP contribution in [0.4, 0.5) is 5.69 Å². The molecule has 0 aliphatic heterocycles. The van der Waals surface area contributed by atoms with Crippen molar-refractivity contribution in [3.8, 4) is 0 Å². The van der Waals surface area contributed by atoms with E-state index in [9.17, 15) is 0 Å². The molecule has 69 valence electrons. The third-order valence-corrected chi connectivity index (χ3v) is 2.28. The third-order valence-electron chi connectivity index (χ3n) is 2.28. The Balaban J connectivity index is 0.000000720. The summed E-state index contributed by atoms with van der Waals surface area (Å²) in [5, 5.41) is 0. The van der Waals surface area contributed by atoms with Crippen LogP contribution in [-0.4, -0.2) is 0 Å². The molecule has 2 N–H and O–H groups in total. The van der Waals surface area contributed by atoms with Crippen LogP contribution in [0.25, 0.3) is 0 Å². The van der Waals surface area contributed by atoms with Gasteiger partial charge in [0.15, 0.2) is 0 Å². The smallest absolute Gasteiger partial charge is 0.0323 e. The average Bonchev–Trinajstić information content (AvgIpc) is 2.06. The van der Waals surface area contributed by atoms with Crippen LogP contribution in [0.15, 0.2) is 18.2 Å². The van der Waals surface area contributed by atoms with Gasteiger partial charge in [-0.2, -0.15) is 12.8 Å². The van der Waals surface area contributed by atoms with Gasteiger partial charge in [-0.1, -0.05) is 24.1 Å². The zero-order chi connectivity index (χ0) is 7.68. The minimum Gasteiger partial charge on any atom is -0.399 e. The first-order chi connectivity index (χ1) is 5.38. The molecule has 1 aromatic carbocycles. The van der Waals surface area contributed by atoms with Crippen molar-refractivity contribution < 1.29 is 32.7 Å². The van der Waals surface area contributed by atoms with Gasteiger partial charge in [-0.05, 0) is 11.6 Å². The van der Waals surface area contributed by atoms with Gasteiger partial charge in [0.05, 0.1) is 0 Å². The van der Waals surface area contributed by atoms with Crippen molar-refractivity contribution in [3.05, 3.63) is 43.2 Å². The third kappa shape index (κ3) is 2.78. The van der Waals surface area contributed by atoms with Crippen LogP contribution in [0.3, 0.4) is 0 Å². The van der Waals surface area contributed by atoms with Crippen LogP contribution >= 0.6 is 0 Å². The number of hydrogen-bond acceptors (Lipinski definition) is 1. The molecule has 0 unspecified atom stereocenters. The summed E-state index contributed by atoms with van der Waals surface area (Å²) in [6.07, 6.45) is 5.73. The number of hydrogen-bond donors (Lipinski definition) is 1. The molecule has 0 aromatic heterocycles. The van der Waals surface area contributed by atoms with E-state index in [4.69, 9.17) is 5.73 Å². The molecule has 0 fully saturated rings. The zero-order valence-electron chi connectivity index (χ0n) is 8.09. The molecule has 13 heavy (non-hydrogen) atoms. The summed E-state index contributed by atoms with van der Waals surface area (Å²) in [5.74, 6) is 0. The van der Waals surface area contributed by atoms with Crippen LogP contribution in [0, 0.1) is 13.8 Å². The quantitative estimate of drug-likeness (QED) is 0.555. The van der Waals surface area contributed by atoms with Crippen molar-refractivity contribution in [3.63, 3.8) is 0 Å². The Hall–Kier alpha value is 0.124. The summed E-state index contributed by atoms with van der Waals surface area (Å²) in [7, 11) is 0. The van der Waals surface area contributed by atoms with E-state index in [-0.39, 0.29) is 40.1 Å². The van der Waals surface area contributed by atoms with Crippen LogP contribution in [0.1, 0.15) is 17.5 Å². The SMILES string of the molecule is Nc1cccc2c1C[CH-]CC2.[CH3-].[Y]. The fourth-order valence-electron chi connectivity index (χ4n) is 1.64. The van der Waals surface area contributed by atoms with E-state index in [2.05, 4.69) is 12.5 Å². The molecule has 0 spiro atoms. The van der Waals surface area contributed by atoms with Gasteiger partial charge >= 0.3 is 0 Å². The van der Waals surface area contributed by atoms with Gasteiger partial charge in [0.25, 0.3) is 0 Å². The molecule has 1 radical (unpaired) electrons. The van der Waals surface area contributed by atoms with E-state index in [0.717, 1.165) is 12.1 Å². The van der Waals surface area contributed by atoms with Crippen LogP contribution in [0.5, 0.6) is 0 Å². The molecule has 1 aliphatic carbocycles. The number of anilines is 1. The summed E-state index contributed by atoms with van der Waals surface area (Å²) >= 11 is 0. The molecular formula is C11H15NY-2. The largest absolute Gasteiger partial charge is 0.399 e. The predicted octanol–water partition coefficient (Wildman–Crippen LogP) is 2.41. The van der Waals surface area contributed by atoms with E-state index in [1.54, 1.807) is 0 Å². The average molecular weight is 250 g/mol. The van der Waals surface area contributed by atoms with Crippen molar-refractivity contribution in [2.24, 2.45) is 0 Å². The minimum atomic E-state index is 0. The van der Waals surface area contributed by atoms with Gasteiger partial charge in [0, 0.05) is 38.4 Å². The van der Waals surface area contributed by atoms with Gasteiger partial charge in [-0.25, -0.2) is 0 Å². The molecule has 0 saturated carbocycles. The first kappa shape index (κ1) is 13.1. The Bertz CT molecular complexity index is 271. The van der Waals surface area contributed by atoms with E-state index in [1.807, 2.05) is 12.1 Å². The molecule has 0 amide bonds. The first-order valence-electron chi connectivity index (χ1n) is 4.06. The Morgan fingerprint density at radius 3 is 2.77 bits per heavy atom. The Morgan fingerprint density at radius 1 is 1.31 bits per heavy atom. The number of benzene rings is 1. The summed E-state index contributed by atoms with van der Waals surface area (Å²) in [6.45, 7) is 0. The van der Waals surface area contributed by atoms with Gasteiger partial charge < -0.3 is 19.6 Å². The van der Waals surface area contributed by atoms with Crippen molar-refractivity contribution in [2.45, 2.75) is 19.3 Å². The Labute approximate surface area is 106 Å². The molecule has 1 aromatic rings. The molecule has 1 aliphatic rings. The minimum absolute atomic E-state index is 0. The fraction of sp³-hybridized carbons (Fsp3) is 0.273. The Morgan fingerprint density at radius 2 is 2.08 bits per heavy atom. The molecule has 0 heterocycles. The van der Waals surface area contributed by atoms with Crippen molar-refractivity contribution in [1.82, 2.24) is 0 Å². The number of nitrogen functional groups attached to an aromatic ring is 1. The molecule has 1 nitrogen and oxygen atoms in total. The Kier molecular flexibility index (Phi) is 5.83. The second-order valence-electron chi connectivity index (χ2n) is 3.02. The molecule has 2 heteroatoms. The van der Waals surface area contributed by atoms with E-state index < -0.39 is 0 Å². The van der Waals surface area contributed by atoms with Gasteiger partial charge in [0.1, 0.15) is 0 Å². The standard InChI is InChI=1S/C10H12N.CH3.Y/c11-10-7-3-5-8-4-1-2-6-9(8)10;;/h2-3,5,7H,1,4,6,11H2;1H3;/q2*-1;. The number of aryl methyl sites for hydroxylation is 1. The molecule has 0 bridgehead atoms. The molecule has 0 atom stereocenters. The van der Waals surface area contributed by atoms with Crippen molar-refractivity contribution in [1.29, 1.82) is 0 Å². The summed E-state index contributed by atoms with van der Waals surface area (Å²) in [4.78, 5) is 0. The van der Waals surface area contributed by atoms with E-state index in [1.165, 1.54) is 24.0 Å². The van der Waals surface area contributed by atoms with Crippen LogP contribution in [-0.2, 0) is 45.6 Å². The number of fused-ring (bicyclic) bond motifs is 1. The molecular weight excluding hydrogens is 235 g/mol. The van der Waals surface area contributed by atoms with Crippen molar-refractivity contribution in [2.75, 3.05) is 5.73 Å². The van der Waals surface area contributed by atoms with E-state index in [0.29, 0.717) is 0 Å². The monoisotopic (exact) mass is 250 g/mol. The normalized spacial score (nSPS) is 13.5. The topological polar surface area (TPSA) is 26.0 Å².